The van der Waals surface area contributed by atoms with Gasteiger partial charge in [0.1, 0.15) is 0 Å². The van der Waals surface area contributed by atoms with Gasteiger partial charge in [-0.1, -0.05) is 0 Å². The van der Waals surface area contributed by atoms with E-state index in [1.54, 1.807) is 6.92 Å². The van der Waals surface area contributed by atoms with Gasteiger partial charge in [-0.3, -0.25) is 14.9 Å². The van der Waals surface area contributed by atoms with Crippen molar-refractivity contribution >= 4 is 27.5 Å². The minimum atomic E-state index is -1.33. The van der Waals surface area contributed by atoms with Gasteiger partial charge in [0.15, 0.2) is 0 Å². The number of halogens is 1. The number of rotatable bonds is 1. The van der Waals surface area contributed by atoms with Crippen LogP contribution in [0.3, 0.4) is 0 Å². The number of hydrogen-bond acceptors (Lipinski definition) is 3. The van der Waals surface area contributed by atoms with Gasteiger partial charge in [0.2, 0.25) is 0 Å². The second-order valence-electron chi connectivity index (χ2n) is 2.28. The molecule has 12 heavy (non-hydrogen) atoms. The normalized spacial score (nSPS) is 23.2. The van der Waals surface area contributed by atoms with Crippen LogP contribution in [0.4, 0.5) is 0 Å². The Morgan fingerprint density at radius 3 is 2.83 bits per heavy atom. The lowest BCUT2D eigenvalue weighted by Crippen LogP contribution is -2.29. The van der Waals surface area contributed by atoms with Crippen molar-refractivity contribution in [1.29, 1.82) is 0 Å². The van der Waals surface area contributed by atoms with Gasteiger partial charge in [-0.15, -0.1) is 0 Å². The third-order valence-corrected chi connectivity index (χ3v) is 2.25. The maximum atomic E-state index is 10.9. The standard InChI is InChI=1S/C6H5BrN2O3/c1-3-4(7)2-5(9(11)12)6(10)8-3/h2,5H,1H3. The van der Waals surface area contributed by atoms with Gasteiger partial charge in [-0.25, -0.2) is 4.99 Å². The molecule has 0 aromatic heterocycles. The molecule has 1 unspecified atom stereocenters. The van der Waals surface area contributed by atoms with E-state index in [1.165, 1.54) is 6.08 Å². The molecule has 1 atom stereocenters. The summed E-state index contributed by atoms with van der Waals surface area (Å²) in [6.07, 6.45) is 1.24. The molecule has 0 saturated carbocycles. The Hall–Kier alpha value is -1.04. The molecule has 1 aliphatic heterocycles. The number of hydrogen-bond donors (Lipinski definition) is 0. The van der Waals surface area contributed by atoms with E-state index in [0.717, 1.165) is 0 Å². The predicted octanol–water partition coefficient (Wildman–Crippen LogP) is 0.912. The number of carbonyl (C=O) groups is 1. The van der Waals surface area contributed by atoms with Crippen LogP contribution in [0.2, 0.25) is 0 Å². The molecule has 0 N–H and O–H groups in total. The van der Waals surface area contributed by atoms with Gasteiger partial charge in [0.25, 0.3) is 0 Å². The number of aliphatic imine (C=N–C) groups is 1. The second kappa shape index (κ2) is 3.14. The lowest BCUT2D eigenvalue weighted by Gasteiger charge is -2.07. The van der Waals surface area contributed by atoms with Gasteiger partial charge in [-0.05, 0) is 22.9 Å². The fraction of sp³-hybridized carbons (Fsp3) is 0.333. The minimum Gasteiger partial charge on any atom is -0.264 e. The zero-order valence-electron chi connectivity index (χ0n) is 6.15. The van der Waals surface area contributed by atoms with Crippen LogP contribution in [-0.4, -0.2) is 22.6 Å². The lowest BCUT2D eigenvalue weighted by atomic mass is 10.2. The van der Waals surface area contributed by atoms with E-state index in [0.29, 0.717) is 10.2 Å². The Morgan fingerprint density at radius 2 is 2.33 bits per heavy atom. The van der Waals surface area contributed by atoms with Crippen molar-refractivity contribution < 1.29 is 9.72 Å². The Morgan fingerprint density at radius 1 is 1.75 bits per heavy atom. The highest BCUT2D eigenvalue weighted by Crippen LogP contribution is 2.16. The molecule has 64 valence electrons. The summed E-state index contributed by atoms with van der Waals surface area (Å²) in [7, 11) is 0. The quantitative estimate of drug-likeness (QED) is 0.499. The molecular weight excluding hydrogens is 228 g/mol. The largest absolute Gasteiger partial charge is 0.324 e. The molecule has 5 nitrogen and oxygen atoms in total. The predicted molar refractivity (Wildman–Crippen MR) is 45.9 cm³/mol. The van der Waals surface area contributed by atoms with E-state index in [9.17, 15) is 14.9 Å². The molecular formula is C6H5BrN2O3. The summed E-state index contributed by atoms with van der Waals surface area (Å²) in [6, 6.07) is -1.33. The fourth-order valence-electron chi connectivity index (χ4n) is 0.766. The Bertz CT molecular complexity index is 308. The number of nitrogens with zero attached hydrogens (tertiary/aromatic N) is 2. The van der Waals surface area contributed by atoms with Crippen molar-refractivity contribution in [3.05, 3.63) is 20.7 Å². The minimum absolute atomic E-state index is 0.470. The summed E-state index contributed by atoms with van der Waals surface area (Å²) in [6.45, 7) is 1.61. The van der Waals surface area contributed by atoms with Crippen molar-refractivity contribution in [3.63, 3.8) is 0 Å². The van der Waals surface area contributed by atoms with Crippen LogP contribution in [0.25, 0.3) is 0 Å². The number of nitro groups is 1. The highest BCUT2D eigenvalue weighted by molar-refractivity contribution is 9.12. The molecule has 1 rings (SSSR count). The first-order chi connectivity index (χ1) is 5.52. The molecule has 0 fully saturated rings. The molecule has 0 aliphatic carbocycles. The van der Waals surface area contributed by atoms with Crippen molar-refractivity contribution in [3.8, 4) is 0 Å². The summed E-state index contributed by atoms with van der Waals surface area (Å²) in [5.74, 6) is -0.722. The first-order valence-corrected chi connectivity index (χ1v) is 3.92. The van der Waals surface area contributed by atoms with Crippen LogP contribution < -0.4 is 0 Å². The van der Waals surface area contributed by atoms with Crippen molar-refractivity contribution in [2.24, 2.45) is 4.99 Å². The average Bonchev–Trinajstić information content (AvgIpc) is 1.96. The number of dihydropyridines is 1. The smallest absolute Gasteiger partial charge is 0.264 e. The van der Waals surface area contributed by atoms with Crippen molar-refractivity contribution in [2.45, 2.75) is 13.0 Å². The Kier molecular flexibility index (Phi) is 2.37. The molecule has 0 radical (unpaired) electrons. The van der Waals surface area contributed by atoms with Gasteiger partial charge in [-0.2, -0.15) is 0 Å². The highest BCUT2D eigenvalue weighted by atomic mass is 79.9. The maximum absolute atomic E-state index is 10.9. The fourth-order valence-corrected chi connectivity index (χ4v) is 1.11. The third-order valence-electron chi connectivity index (χ3n) is 1.41. The molecule has 0 aromatic rings. The molecule has 0 bridgehead atoms. The monoisotopic (exact) mass is 232 g/mol. The molecule has 1 amide bonds. The van der Waals surface area contributed by atoms with Crippen LogP contribution >= 0.6 is 15.9 Å². The topological polar surface area (TPSA) is 72.6 Å². The molecule has 0 aromatic carbocycles. The van der Waals surface area contributed by atoms with Crippen LogP contribution in [-0.2, 0) is 4.79 Å². The van der Waals surface area contributed by atoms with E-state index in [1.807, 2.05) is 0 Å². The summed E-state index contributed by atoms with van der Waals surface area (Å²) in [4.78, 5) is 24.0. The Labute approximate surface area is 76.4 Å². The molecule has 1 heterocycles. The molecule has 1 aliphatic rings. The zero-order valence-corrected chi connectivity index (χ0v) is 7.74. The Balaban J connectivity index is 2.99. The van der Waals surface area contributed by atoms with E-state index >= 15 is 0 Å². The van der Waals surface area contributed by atoms with Crippen LogP contribution in [0, 0.1) is 10.1 Å². The summed E-state index contributed by atoms with van der Waals surface area (Å²) < 4.78 is 0.504. The summed E-state index contributed by atoms with van der Waals surface area (Å²) in [5, 5.41) is 10.3. The van der Waals surface area contributed by atoms with Gasteiger partial charge >= 0.3 is 11.9 Å². The number of amides is 1. The molecule has 6 heteroatoms. The third kappa shape index (κ3) is 1.58. The van der Waals surface area contributed by atoms with E-state index in [2.05, 4.69) is 20.9 Å². The SMILES string of the molecule is CC1=NC(=O)C([N+](=O)[O-])C=C1Br. The average molecular weight is 233 g/mol. The lowest BCUT2D eigenvalue weighted by molar-refractivity contribution is -0.495. The van der Waals surface area contributed by atoms with Crippen LogP contribution in [0.15, 0.2) is 15.6 Å². The van der Waals surface area contributed by atoms with Crippen molar-refractivity contribution in [2.75, 3.05) is 0 Å². The van der Waals surface area contributed by atoms with E-state index in [4.69, 9.17) is 0 Å². The number of allylic oxidation sites excluding steroid dienone is 1. The van der Waals surface area contributed by atoms with E-state index in [-0.39, 0.29) is 0 Å². The number of carbonyl (C=O) groups excluding carboxylic acids is 1. The first-order valence-electron chi connectivity index (χ1n) is 3.12. The van der Waals surface area contributed by atoms with Crippen molar-refractivity contribution in [1.82, 2.24) is 0 Å². The molecule has 0 spiro atoms. The van der Waals surface area contributed by atoms with E-state index < -0.39 is 16.9 Å². The second-order valence-corrected chi connectivity index (χ2v) is 3.13. The zero-order chi connectivity index (χ0) is 9.30. The highest BCUT2D eigenvalue weighted by Gasteiger charge is 2.30. The first kappa shape index (κ1) is 9.05. The van der Waals surface area contributed by atoms with Gasteiger partial charge in [0, 0.05) is 15.5 Å². The van der Waals surface area contributed by atoms with Crippen LogP contribution in [0.5, 0.6) is 0 Å². The summed E-state index contributed by atoms with van der Waals surface area (Å²) >= 11 is 3.06. The van der Waals surface area contributed by atoms with Gasteiger partial charge < -0.3 is 0 Å². The van der Waals surface area contributed by atoms with Crippen LogP contribution in [0.1, 0.15) is 6.92 Å². The van der Waals surface area contributed by atoms with Gasteiger partial charge in [0.05, 0.1) is 5.71 Å². The molecule has 0 saturated heterocycles. The maximum Gasteiger partial charge on any atom is 0.324 e. The summed E-state index contributed by atoms with van der Waals surface area (Å²) in [5.41, 5.74) is 0.470.